The molecule has 4 rings (SSSR count). The van der Waals surface area contributed by atoms with Gasteiger partial charge in [-0.25, -0.2) is 0 Å². The summed E-state index contributed by atoms with van der Waals surface area (Å²) in [6.07, 6.45) is 2.02. The van der Waals surface area contributed by atoms with Crippen molar-refractivity contribution in [3.63, 3.8) is 0 Å². The lowest BCUT2D eigenvalue weighted by Gasteiger charge is -2.37. The monoisotopic (exact) mass is 472 g/mol. The Morgan fingerprint density at radius 3 is 2.53 bits per heavy atom. The van der Waals surface area contributed by atoms with Crippen LogP contribution in [0.2, 0.25) is 0 Å². The van der Waals surface area contributed by atoms with E-state index in [4.69, 9.17) is 9.47 Å². The minimum absolute atomic E-state index is 0.138. The van der Waals surface area contributed by atoms with Crippen molar-refractivity contribution in [1.82, 2.24) is 10.2 Å². The summed E-state index contributed by atoms with van der Waals surface area (Å²) in [4.78, 5) is 42.4. The second-order valence-electron chi connectivity index (χ2n) is 10.0. The highest BCUT2D eigenvalue weighted by Gasteiger charge is 2.79. The molecule has 0 saturated carbocycles. The number of benzene rings is 1. The van der Waals surface area contributed by atoms with Crippen LogP contribution in [-0.2, 0) is 30.3 Å². The predicted octanol–water partition coefficient (Wildman–Crippen LogP) is 1.83. The van der Waals surface area contributed by atoms with Crippen molar-refractivity contribution in [2.45, 2.75) is 82.7 Å². The standard InChI is InChI=1S/C26H36N2O6/c1-5-25-12-13-26(34-25)19(20(25)24(32)33-6-2)23(31)28(21(26)22(30)27-16(3)4)18(15-29)14-17-10-8-7-9-11-17/h7-11,16,18-21,29H,5-6,12-15H2,1-4H3,(H,27,30)/t18-,19+,20+,21?,25-,26?/m1/s1. The van der Waals surface area contributed by atoms with Crippen LogP contribution >= 0.6 is 0 Å². The van der Waals surface area contributed by atoms with Crippen molar-refractivity contribution in [2.75, 3.05) is 13.2 Å². The molecule has 8 nitrogen and oxygen atoms in total. The van der Waals surface area contributed by atoms with Crippen LogP contribution in [0.3, 0.4) is 0 Å². The Morgan fingerprint density at radius 2 is 1.94 bits per heavy atom. The SMILES string of the molecule is CCOC(=O)[C@@H]1[C@H]2C(=O)N([C@@H](CO)Cc3ccccc3)C(C(=O)NC(C)C)C23CC[C@@]1(CC)O3. The second kappa shape index (κ2) is 9.30. The van der Waals surface area contributed by atoms with Gasteiger partial charge in [-0.3, -0.25) is 14.4 Å². The Labute approximate surface area is 201 Å². The summed E-state index contributed by atoms with van der Waals surface area (Å²) in [7, 11) is 0. The van der Waals surface area contributed by atoms with Gasteiger partial charge in [0.25, 0.3) is 0 Å². The molecule has 186 valence electrons. The first kappa shape index (κ1) is 24.7. The topological polar surface area (TPSA) is 105 Å². The van der Waals surface area contributed by atoms with E-state index in [-0.39, 0.29) is 31.1 Å². The Bertz CT molecular complexity index is 936. The summed E-state index contributed by atoms with van der Waals surface area (Å²) in [5.74, 6) is -2.65. The molecule has 0 radical (unpaired) electrons. The molecule has 1 aromatic carbocycles. The fourth-order valence-corrected chi connectivity index (χ4v) is 6.44. The van der Waals surface area contributed by atoms with E-state index in [1.807, 2.05) is 51.1 Å². The van der Waals surface area contributed by atoms with Gasteiger partial charge in [-0.05, 0) is 52.0 Å². The van der Waals surface area contributed by atoms with Gasteiger partial charge in [-0.2, -0.15) is 0 Å². The maximum atomic E-state index is 14.1. The molecular formula is C26H36N2O6. The van der Waals surface area contributed by atoms with Crippen LogP contribution in [-0.4, -0.2) is 70.3 Å². The van der Waals surface area contributed by atoms with E-state index in [1.54, 1.807) is 6.92 Å². The van der Waals surface area contributed by atoms with E-state index >= 15 is 0 Å². The van der Waals surface area contributed by atoms with E-state index in [0.717, 1.165) is 5.56 Å². The van der Waals surface area contributed by atoms with Gasteiger partial charge in [-0.1, -0.05) is 37.3 Å². The van der Waals surface area contributed by atoms with Gasteiger partial charge in [0, 0.05) is 6.04 Å². The lowest BCUT2D eigenvalue weighted by atomic mass is 9.65. The normalized spacial score (nSPS) is 32.7. The maximum absolute atomic E-state index is 14.1. The highest BCUT2D eigenvalue weighted by Crippen LogP contribution is 2.64. The first-order valence-corrected chi connectivity index (χ1v) is 12.4. The summed E-state index contributed by atoms with van der Waals surface area (Å²) < 4.78 is 12.1. The molecular weight excluding hydrogens is 436 g/mol. The number of aliphatic hydroxyl groups excluding tert-OH is 1. The zero-order valence-electron chi connectivity index (χ0n) is 20.5. The molecule has 1 aromatic rings. The fourth-order valence-electron chi connectivity index (χ4n) is 6.44. The second-order valence-corrected chi connectivity index (χ2v) is 10.0. The molecule has 0 aromatic heterocycles. The lowest BCUT2D eigenvalue weighted by Crippen LogP contribution is -2.59. The van der Waals surface area contributed by atoms with Gasteiger partial charge < -0.3 is 24.8 Å². The van der Waals surface area contributed by atoms with E-state index in [9.17, 15) is 19.5 Å². The molecule has 3 fully saturated rings. The molecule has 1 spiro atoms. The van der Waals surface area contributed by atoms with Crippen LogP contribution in [0.15, 0.2) is 30.3 Å². The Kier molecular flexibility index (Phi) is 6.75. The number of amides is 2. The number of likely N-dealkylation sites (tertiary alicyclic amines) is 1. The van der Waals surface area contributed by atoms with Crippen molar-refractivity contribution in [3.05, 3.63) is 35.9 Å². The minimum atomic E-state index is -1.12. The predicted molar refractivity (Wildman–Crippen MR) is 125 cm³/mol. The van der Waals surface area contributed by atoms with Crippen molar-refractivity contribution in [1.29, 1.82) is 0 Å². The van der Waals surface area contributed by atoms with Crippen LogP contribution < -0.4 is 5.32 Å². The number of nitrogens with one attached hydrogen (secondary N) is 1. The molecule has 34 heavy (non-hydrogen) atoms. The van der Waals surface area contributed by atoms with E-state index in [2.05, 4.69) is 5.32 Å². The third kappa shape index (κ3) is 3.71. The third-order valence-corrected chi connectivity index (χ3v) is 7.76. The molecule has 3 heterocycles. The van der Waals surface area contributed by atoms with Crippen LogP contribution in [0.5, 0.6) is 0 Å². The summed E-state index contributed by atoms with van der Waals surface area (Å²) in [6, 6.07) is 7.88. The van der Waals surface area contributed by atoms with Crippen molar-refractivity contribution >= 4 is 17.8 Å². The molecule has 2 N–H and O–H groups in total. The average molecular weight is 473 g/mol. The van der Waals surface area contributed by atoms with Gasteiger partial charge in [0.15, 0.2) is 0 Å². The molecule has 0 aliphatic carbocycles. The van der Waals surface area contributed by atoms with E-state index in [0.29, 0.717) is 25.7 Å². The fraction of sp³-hybridized carbons (Fsp3) is 0.654. The van der Waals surface area contributed by atoms with Gasteiger partial charge in [0.2, 0.25) is 11.8 Å². The summed E-state index contributed by atoms with van der Waals surface area (Å²) >= 11 is 0. The molecule has 3 aliphatic heterocycles. The molecule has 2 amide bonds. The smallest absolute Gasteiger partial charge is 0.312 e. The van der Waals surface area contributed by atoms with Crippen molar-refractivity contribution in [3.8, 4) is 0 Å². The zero-order chi connectivity index (χ0) is 24.7. The van der Waals surface area contributed by atoms with Gasteiger partial charge in [0.1, 0.15) is 17.6 Å². The number of hydrogen-bond acceptors (Lipinski definition) is 6. The number of carbonyl (C=O) groups excluding carboxylic acids is 3. The minimum Gasteiger partial charge on any atom is -0.466 e. The summed E-state index contributed by atoms with van der Waals surface area (Å²) in [5.41, 5.74) is -0.986. The number of esters is 1. The molecule has 2 unspecified atom stereocenters. The maximum Gasteiger partial charge on any atom is 0.312 e. The first-order chi connectivity index (χ1) is 16.2. The molecule has 2 bridgehead atoms. The van der Waals surface area contributed by atoms with Crippen molar-refractivity contribution < 1.29 is 29.0 Å². The number of aliphatic hydroxyl groups is 1. The Balaban J connectivity index is 1.79. The first-order valence-electron chi connectivity index (χ1n) is 12.4. The molecule has 3 aliphatic rings. The van der Waals surface area contributed by atoms with Gasteiger partial charge in [0.05, 0.1) is 30.8 Å². The average Bonchev–Trinajstić information content (AvgIpc) is 3.41. The highest BCUT2D eigenvalue weighted by molar-refractivity contribution is 5.98. The van der Waals surface area contributed by atoms with E-state index < -0.39 is 41.1 Å². The molecule has 3 saturated heterocycles. The summed E-state index contributed by atoms with van der Waals surface area (Å²) in [5, 5.41) is 13.3. The number of ether oxygens (including phenoxy) is 2. The van der Waals surface area contributed by atoms with Crippen LogP contribution in [0.1, 0.15) is 52.5 Å². The van der Waals surface area contributed by atoms with Gasteiger partial charge >= 0.3 is 5.97 Å². The number of rotatable bonds is 9. The zero-order valence-corrected chi connectivity index (χ0v) is 20.5. The van der Waals surface area contributed by atoms with Crippen LogP contribution in [0.4, 0.5) is 0 Å². The van der Waals surface area contributed by atoms with Crippen LogP contribution in [0.25, 0.3) is 0 Å². The summed E-state index contributed by atoms with van der Waals surface area (Å²) in [6.45, 7) is 7.32. The third-order valence-electron chi connectivity index (χ3n) is 7.76. The number of carbonyl (C=O) groups is 3. The van der Waals surface area contributed by atoms with Gasteiger partial charge in [-0.15, -0.1) is 0 Å². The highest BCUT2D eigenvalue weighted by atomic mass is 16.6. The number of nitrogens with zero attached hydrogens (tertiary/aromatic N) is 1. The largest absolute Gasteiger partial charge is 0.466 e. The molecule has 8 heteroatoms. The number of hydrogen-bond donors (Lipinski definition) is 2. The Morgan fingerprint density at radius 1 is 1.24 bits per heavy atom. The number of fused-ring (bicyclic) bond motifs is 1. The molecule has 6 atom stereocenters. The Hall–Kier alpha value is -2.45. The van der Waals surface area contributed by atoms with Crippen molar-refractivity contribution in [2.24, 2.45) is 11.8 Å². The van der Waals surface area contributed by atoms with E-state index in [1.165, 1.54) is 4.90 Å². The quantitative estimate of drug-likeness (QED) is 0.532. The van der Waals surface area contributed by atoms with Crippen LogP contribution in [0, 0.1) is 11.8 Å². The lowest BCUT2D eigenvalue weighted by molar-refractivity contribution is -0.161.